The summed E-state index contributed by atoms with van der Waals surface area (Å²) in [6.07, 6.45) is 2.32. The molecule has 0 aliphatic carbocycles. The number of hydrogen-bond donors (Lipinski definition) is 1. The fourth-order valence-electron chi connectivity index (χ4n) is 4.30. The number of hydrogen-bond acceptors (Lipinski definition) is 4. The van der Waals surface area contributed by atoms with Crippen LogP contribution in [0.2, 0.25) is 0 Å². The van der Waals surface area contributed by atoms with Gasteiger partial charge in [0.15, 0.2) is 5.60 Å². The fourth-order valence-corrected chi connectivity index (χ4v) is 4.30. The summed E-state index contributed by atoms with van der Waals surface area (Å²) < 4.78 is 11.6. The number of aliphatic hydroxyl groups is 1. The molecule has 26 heavy (non-hydrogen) atoms. The number of β-lactam (4-membered cyclic amide) rings is 1. The van der Waals surface area contributed by atoms with Gasteiger partial charge in [0.2, 0.25) is 0 Å². The van der Waals surface area contributed by atoms with Crippen molar-refractivity contribution in [1.29, 1.82) is 0 Å². The molecule has 3 rings (SSSR count). The van der Waals surface area contributed by atoms with Crippen LogP contribution in [0.15, 0.2) is 54.1 Å². The number of rotatable bonds is 6. The molecule has 3 atom stereocenters. The predicted molar refractivity (Wildman–Crippen MR) is 99.5 cm³/mol. The molecule has 2 aliphatic heterocycles. The van der Waals surface area contributed by atoms with Crippen LogP contribution in [-0.4, -0.2) is 54.0 Å². The Morgan fingerprint density at radius 3 is 2.77 bits per heavy atom. The molecule has 0 unspecified atom stereocenters. The Bertz CT molecular complexity index is 699. The third-order valence-electron chi connectivity index (χ3n) is 5.40. The molecule has 0 bridgehead atoms. The Morgan fingerprint density at radius 1 is 1.42 bits per heavy atom. The first-order valence-electron chi connectivity index (χ1n) is 9.08. The minimum Gasteiger partial charge on any atom is -0.388 e. The fraction of sp³-hybridized carbons (Fsp3) is 0.476. The molecule has 1 aromatic rings. The van der Waals surface area contributed by atoms with Crippen molar-refractivity contribution >= 4 is 5.91 Å². The average Bonchev–Trinajstić information content (AvgIpc) is 2.65. The predicted octanol–water partition coefficient (Wildman–Crippen LogP) is 2.46. The molecule has 0 saturated carbocycles. The van der Waals surface area contributed by atoms with Gasteiger partial charge in [0.1, 0.15) is 12.1 Å². The second-order valence-corrected chi connectivity index (χ2v) is 6.81. The summed E-state index contributed by atoms with van der Waals surface area (Å²) in [5.74, 6) is -0.0896. The van der Waals surface area contributed by atoms with Crippen LogP contribution in [0.4, 0.5) is 0 Å². The topological polar surface area (TPSA) is 59.0 Å². The summed E-state index contributed by atoms with van der Waals surface area (Å²) in [5, 5.41) is 10.8. The first-order valence-corrected chi connectivity index (χ1v) is 9.08. The minimum absolute atomic E-state index is 0.0896. The number of likely N-dealkylation sites (tertiary alicyclic amines) is 1. The highest BCUT2D eigenvalue weighted by atomic mass is 16.5. The van der Waals surface area contributed by atoms with E-state index in [1.165, 1.54) is 0 Å². The van der Waals surface area contributed by atoms with Gasteiger partial charge in [-0.2, -0.15) is 0 Å². The monoisotopic (exact) mass is 357 g/mol. The van der Waals surface area contributed by atoms with Gasteiger partial charge in [-0.15, -0.1) is 6.58 Å². The van der Waals surface area contributed by atoms with E-state index in [2.05, 4.69) is 6.58 Å². The third-order valence-corrected chi connectivity index (χ3v) is 5.40. The van der Waals surface area contributed by atoms with Gasteiger partial charge in [-0.3, -0.25) is 4.79 Å². The van der Waals surface area contributed by atoms with Crippen LogP contribution in [0.25, 0.3) is 0 Å². The molecule has 0 radical (unpaired) electrons. The van der Waals surface area contributed by atoms with E-state index in [9.17, 15) is 9.90 Å². The number of aliphatic hydroxyl groups excluding tert-OH is 1. The number of nitrogens with zero attached hydrogens (tertiary/aromatic N) is 1. The number of fused-ring (bicyclic) bond motifs is 1. The van der Waals surface area contributed by atoms with Gasteiger partial charge in [0, 0.05) is 13.7 Å². The number of ether oxygens (including phenoxy) is 2. The van der Waals surface area contributed by atoms with Crippen molar-refractivity contribution in [2.24, 2.45) is 0 Å². The summed E-state index contributed by atoms with van der Waals surface area (Å²) >= 11 is 0. The molecule has 1 amide bonds. The van der Waals surface area contributed by atoms with Gasteiger partial charge < -0.3 is 19.5 Å². The third kappa shape index (κ3) is 2.90. The van der Waals surface area contributed by atoms with Crippen LogP contribution in [0.3, 0.4) is 0 Å². The van der Waals surface area contributed by atoms with Crippen molar-refractivity contribution < 1.29 is 19.4 Å². The zero-order chi connectivity index (χ0) is 18.7. The van der Waals surface area contributed by atoms with Crippen LogP contribution >= 0.6 is 0 Å². The van der Waals surface area contributed by atoms with E-state index < -0.39 is 17.7 Å². The number of carbonyl (C=O) groups is 1. The van der Waals surface area contributed by atoms with Gasteiger partial charge in [-0.05, 0) is 29.6 Å². The molecule has 5 nitrogen and oxygen atoms in total. The molecule has 1 N–H and O–H groups in total. The van der Waals surface area contributed by atoms with Gasteiger partial charge in [0.05, 0.1) is 13.2 Å². The Balaban J connectivity index is 2.02. The molecule has 1 aromatic carbocycles. The molecular weight excluding hydrogens is 330 g/mol. The average molecular weight is 357 g/mol. The Kier molecular flexibility index (Phi) is 5.61. The van der Waals surface area contributed by atoms with Crippen LogP contribution in [0.1, 0.15) is 25.3 Å². The van der Waals surface area contributed by atoms with Gasteiger partial charge in [-0.25, -0.2) is 0 Å². The smallest absolute Gasteiger partial charge is 0.262 e. The standard InChI is InChI=1S/C21H27NO4/c1-4-9-16-13-26-14-18(23)19-21(25-3,17(16)5-2)20(24)22(19)12-15-10-7-6-8-11-15/h4,6-8,10-11,18-19,23H,1,5,9,12-14H2,2-3H3/b17-16-/t18-,19+,21-/m1/s1. The van der Waals surface area contributed by atoms with Gasteiger partial charge >= 0.3 is 0 Å². The molecule has 0 aromatic heterocycles. The van der Waals surface area contributed by atoms with Crippen LogP contribution < -0.4 is 0 Å². The zero-order valence-electron chi connectivity index (χ0n) is 15.5. The van der Waals surface area contributed by atoms with Gasteiger partial charge in [0.25, 0.3) is 5.91 Å². The van der Waals surface area contributed by atoms with E-state index in [0.29, 0.717) is 26.0 Å². The van der Waals surface area contributed by atoms with Crippen molar-refractivity contribution in [3.63, 3.8) is 0 Å². The molecule has 1 fully saturated rings. The normalized spacial score (nSPS) is 31.7. The number of amides is 1. The summed E-state index contributed by atoms with van der Waals surface area (Å²) in [6.45, 7) is 6.83. The lowest BCUT2D eigenvalue weighted by Gasteiger charge is -2.58. The number of benzene rings is 1. The zero-order valence-corrected chi connectivity index (χ0v) is 15.5. The van der Waals surface area contributed by atoms with Crippen molar-refractivity contribution in [1.82, 2.24) is 4.90 Å². The van der Waals surface area contributed by atoms with Crippen LogP contribution in [0, 0.1) is 0 Å². The Labute approximate surface area is 154 Å². The first-order chi connectivity index (χ1) is 12.6. The Morgan fingerprint density at radius 2 is 2.15 bits per heavy atom. The summed E-state index contributed by atoms with van der Waals surface area (Å²) in [7, 11) is 1.56. The van der Waals surface area contributed by atoms with Crippen molar-refractivity contribution in [3.05, 3.63) is 59.7 Å². The molecule has 1 saturated heterocycles. The maximum atomic E-state index is 13.3. The summed E-state index contributed by atoms with van der Waals surface area (Å²) in [5.41, 5.74) is 1.85. The largest absolute Gasteiger partial charge is 0.388 e. The lowest BCUT2D eigenvalue weighted by Crippen LogP contribution is -2.79. The minimum atomic E-state index is -1.11. The second-order valence-electron chi connectivity index (χ2n) is 6.81. The lowest BCUT2D eigenvalue weighted by atomic mass is 9.70. The number of methoxy groups -OCH3 is 1. The lowest BCUT2D eigenvalue weighted by molar-refractivity contribution is -0.210. The Hall–Kier alpha value is -1.95. The highest BCUT2D eigenvalue weighted by molar-refractivity contribution is 5.97. The quantitative estimate of drug-likeness (QED) is 0.628. The molecule has 5 heteroatoms. The van der Waals surface area contributed by atoms with E-state index >= 15 is 0 Å². The molecular formula is C21H27NO4. The molecule has 0 spiro atoms. The highest BCUT2D eigenvalue weighted by Crippen LogP contribution is 2.46. The SMILES string of the molecule is C=CC/C1=C(\CC)[C@]2(OC)C(=O)N(Cc3ccccc3)[C@H]2[C@H](O)COC1. The summed E-state index contributed by atoms with van der Waals surface area (Å²) in [4.78, 5) is 15.0. The number of carbonyl (C=O) groups excluding carboxylic acids is 1. The van der Waals surface area contributed by atoms with Crippen molar-refractivity contribution in [3.8, 4) is 0 Å². The van der Waals surface area contributed by atoms with E-state index in [4.69, 9.17) is 9.47 Å². The maximum absolute atomic E-state index is 13.3. The van der Waals surface area contributed by atoms with E-state index in [1.54, 1.807) is 12.0 Å². The highest BCUT2D eigenvalue weighted by Gasteiger charge is 2.66. The van der Waals surface area contributed by atoms with Crippen molar-refractivity contribution in [2.75, 3.05) is 20.3 Å². The van der Waals surface area contributed by atoms with E-state index in [1.807, 2.05) is 43.3 Å². The second kappa shape index (κ2) is 7.74. The molecule has 2 heterocycles. The molecule has 2 aliphatic rings. The van der Waals surface area contributed by atoms with E-state index in [-0.39, 0.29) is 12.5 Å². The maximum Gasteiger partial charge on any atom is 0.262 e. The van der Waals surface area contributed by atoms with Crippen LogP contribution in [0.5, 0.6) is 0 Å². The summed E-state index contributed by atoms with van der Waals surface area (Å²) in [6, 6.07) is 9.33. The van der Waals surface area contributed by atoms with Crippen molar-refractivity contribution in [2.45, 2.75) is 44.1 Å². The number of allylic oxidation sites excluding steroid dienone is 1. The van der Waals surface area contributed by atoms with E-state index in [0.717, 1.165) is 16.7 Å². The van der Waals surface area contributed by atoms with Crippen LogP contribution in [-0.2, 0) is 20.8 Å². The van der Waals surface area contributed by atoms with Gasteiger partial charge in [-0.1, -0.05) is 43.3 Å². The molecule has 140 valence electrons. The first kappa shape index (κ1) is 18.8.